The molecule has 0 spiro atoms. The molecule has 0 aromatic heterocycles. The van der Waals surface area contributed by atoms with E-state index >= 15 is 0 Å². The smallest absolute Gasteiger partial charge is 0.240 e. The van der Waals surface area contributed by atoms with Crippen molar-refractivity contribution >= 4 is 5.91 Å². The van der Waals surface area contributed by atoms with Crippen LogP contribution in [0, 0.1) is 0 Å². The van der Waals surface area contributed by atoms with Crippen molar-refractivity contribution in [3.8, 4) is 0 Å². The summed E-state index contributed by atoms with van der Waals surface area (Å²) in [6.07, 6.45) is 6.77. The Bertz CT molecular complexity index is 232. The van der Waals surface area contributed by atoms with Crippen LogP contribution < -0.4 is 11.1 Å². The van der Waals surface area contributed by atoms with Crippen LogP contribution in [0.1, 0.15) is 65.7 Å². The van der Waals surface area contributed by atoms with Crippen LogP contribution in [0.3, 0.4) is 0 Å². The number of carbonyl (C=O) groups is 1. The average molecular weight is 226 g/mol. The molecule has 1 aliphatic carbocycles. The fourth-order valence-corrected chi connectivity index (χ4v) is 2.61. The Morgan fingerprint density at radius 3 is 2.00 bits per heavy atom. The minimum Gasteiger partial charge on any atom is -0.349 e. The van der Waals surface area contributed by atoms with E-state index in [0.717, 1.165) is 44.9 Å². The lowest BCUT2D eigenvalue weighted by Crippen LogP contribution is -2.58. The molecule has 94 valence electrons. The van der Waals surface area contributed by atoms with Gasteiger partial charge in [-0.1, -0.05) is 33.6 Å². The molecular weight excluding hydrogens is 200 g/mol. The molecule has 0 aromatic rings. The van der Waals surface area contributed by atoms with Gasteiger partial charge < -0.3 is 11.1 Å². The molecule has 3 heteroatoms. The molecule has 1 saturated carbocycles. The van der Waals surface area contributed by atoms with Gasteiger partial charge >= 0.3 is 0 Å². The molecule has 0 aromatic carbocycles. The van der Waals surface area contributed by atoms with Crippen LogP contribution in [-0.2, 0) is 4.79 Å². The second kappa shape index (κ2) is 5.17. The average Bonchev–Trinajstić information content (AvgIpc) is 2.74. The second-order valence-corrected chi connectivity index (χ2v) is 5.16. The van der Waals surface area contributed by atoms with E-state index in [0.29, 0.717) is 0 Å². The van der Waals surface area contributed by atoms with Crippen LogP contribution in [0.15, 0.2) is 0 Å². The van der Waals surface area contributed by atoms with Gasteiger partial charge in [0.25, 0.3) is 0 Å². The van der Waals surface area contributed by atoms with Crippen molar-refractivity contribution in [2.24, 2.45) is 5.73 Å². The minimum atomic E-state index is -0.592. The van der Waals surface area contributed by atoms with Gasteiger partial charge in [0.1, 0.15) is 0 Å². The Hall–Kier alpha value is -0.570. The van der Waals surface area contributed by atoms with E-state index in [-0.39, 0.29) is 11.4 Å². The Labute approximate surface area is 99.2 Å². The number of nitrogens with two attached hydrogens (primary N) is 1. The Morgan fingerprint density at radius 1 is 1.19 bits per heavy atom. The minimum absolute atomic E-state index is 0.0496. The normalized spacial score (nSPS) is 19.8. The van der Waals surface area contributed by atoms with E-state index in [4.69, 9.17) is 5.73 Å². The maximum absolute atomic E-state index is 12.2. The van der Waals surface area contributed by atoms with Gasteiger partial charge in [0, 0.05) is 5.54 Å². The maximum Gasteiger partial charge on any atom is 0.240 e. The third-order valence-corrected chi connectivity index (χ3v) is 4.36. The lowest BCUT2D eigenvalue weighted by Gasteiger charge is -2.35. The summed E-state index contributed by atoms with van der Waals surface area (Å²) >= 11 is 0. The fourth-order valence-electron chi connectivity index (χ4n) is 2.61. The topological polar surface area (TPSA) is 55.1 Å². The molecule has 3 N–H and O–H groups in total. The first-order valence-electron chi connectivity index (χ1n) is 6.63. The van der Waals surface area contributed by atoms with Crippen LogP contribution in [0.25, 0.3) is 0 Å². The predicted molar refractivity (Wildman–Crippen MR) is 67.1 cm³/mol. The van der Waals surface area contributed by atoms with Gasteiger partial charge in [-0.2, -0.15) is 0 Å². The summed E-state index contributed by atoms with van der Waals surface area (Å²) in [5.74, 6) is 0.0653. The molecule has 16 heavy (non-hydrogen) atoms. The summed E-state index contributed by atoms with van der Waals surface area (Å²) < 4.78 is 0. The molecule has 0 radical (unpaired) electrons. The lowest BCUT2D eigenvalue weighted by atomic mass is 9.87. The van der Waals surface area contributed by atoms with Gasteiger partial charge in [-0.3, -0.25) is 4.79 Å². The zero-order chi connectivity index (χ0) is 12.2. The van der Waals surface area contributed by atoms with Crippen LogP contribution >= 0.6 is 0 Å². The van der Waals surface area contributed by atoms with Gasteiger partial charge in [-0.15, -0.1) is 0 Å². The molecule has 0 saturated heterocycles. The first-order valence-corrected chi connectivity index (χ1v) is 6.63. The quantitative estimate of drug-likeness (QED) is 0.756. The van der Waals surface area contributed by atoms with Crippen LogP contribution in [0.4, 0.5) is 0 Å². The summed E-state index contributed by atoms with van der Waals surface area (Å²) in [5, 5.41) is 3.20. The Morgan fingerprint density at radius 2 is 1.62 bits per heavy atom. The van der Waals surface area contributed by atoms with E-state index in [1.165, 1.54) is 0 Å². The van der Waals surface area contributed by atoms with Crippen molar-refractivity contribution < 1.29 is 4.79 Å². The van der Waals surface area contributed by atoms with E-state index in [1.54, 1.807) is 0 Å². The van der Waals surface area contributed by atoms with Crippen molar-refractivity contribution in [1.82, 2.24) is 5.32 Å². The molecule has 1 rings (SSSR count). The SMILES string of the molecule is CCC(CC)(CC)NC(=O)C1(N)CCCC1. The van der Waals surface area contributed by atoms with E-state index in [1.807, 2.05) is 0 Å². The number of carbonyl (C=O) groups excluding carboxylic acids is 1. The standard InChI is InChI=1S/C13H26N2O/c1-4-12(5-2,6-3)15-11(16)13(14)9-7-8-10-13/h4-10,14H2,1-3H3,(H,15,16). The first kappa shape index (κ1) is 13.5. The summed E-state index contributed by atoms with van der Waals surface area (Å²) in [5.41, 5.74) is 5.52. The van der Waals surface area contributed by atoms with Crippen molar-refractivity contribution in [1.29, 1.82) is 0 Å². The number of hydrogen-bond donors (Lipinski definition) is 2. The Kier molecular flexibility index (Phi) is 4.36. The highest BCUT2D eigenvalue weighted by Crippen LogP contribution is 2.29. The van der Waals surface area contributed by atoms with E-state index in [2.05, 4.69) is 26.1 Å². The highest BCUT2D eigenvalue weighted by Gasteiger charge is 2.40. The summed E-state index contributed by atoms with van der Waals surface area (Å²) in [6.45, 7) is 6.39. The molecule has 1 fully saturated rings. The molecule has 0 unspecified atom stereocenters. The highest BCUT2D eigenvalue weighted by molar-refractivity contribution is 5.87. The first-order chi connectivity index (χ1) is 7.52. The van der Waals surface area contributed by atoms with E-state index < -0.39 is 5.54 Å². The zero-order valence-corrected chi connectivity index (χ0v) is 10.9. The molecule has 0 bridgehead atoms. The van der Waals surface area contributed by atoms with E-state index in [9.17, 15) is 4.79 Å². The molecule has 1 aliphatic rings. The third kappa shape index (κ3) is 2.57. The summed E-state index contributed by atoms with van der Waals surface area (Å²) in [4.78, 5) is 12.2. The second-order valence-electron chi connectivity index (χ2n) is 5.16. The molecule has 0 atom stereocenters. The van der Waals surface area contributed by atoms with Crippen LogP contribution in [-0.4, -0.2) is 17.0 Å². The van der Waals surface area contributed by atoms with Crippen molar-refractivity contribution in [3.63, 3.8) is 0 Å². The van der Waals surface area contributed by atoms with Gasteiger partial charge in [0.15, 0.2) is 0 Å². The number of rotatable bonds is 5. The molecule has 0 aliphatic heterocycles. The number of nitrogens with one attached hydrogen (secondary N) is 1. The van der Waals surface area contributed by atoms with Crippen molar-refractivity contribution in [2.75, 3.05) is 0 Å². The highest BCUT2D eigenvalue weighted by atomic mass is 16.2. The molecule has 3 nitrogen and oxygen atoms in total. The predicted octanol–water partition coefficient (Wildman–Crippen LogP) is 2.34. The van der Waals surface area contributed by atoms with Gasteiger partial charge in [-0.25, -0.2) is 0 Å². The molecular formula is C13H26N2O. The lowest BCUT2D eigenvalue weighted by molar-refractivity contribution is -0.128. The Balaban J connectivity index is 2.68. The fraction of sp³-hybridized carbons (Fsp3) is 0.923. The maximum atomic E-state index is 12.2. The number of amides is 1. The van der Waals surface area contributed by atoms with Crippen molar-refractivity contribution in [3.05, 3.63) is 0 Å². The van der Waals surface area contributed by atoms with Gasteiger partial charge in [0.2, 0.25) is 5.91 Å². The van der Waals surface area contributed by atoms with Gasteiger partial charge in [0.05, 0.1) is 5.54 Å². The van der Waals surface area contributed by atoms with Crippen molar-refractivity contribution in [2.45, 2.75) is 76.8 Å². The van der Waals surface area contributed by atoms with Crippen LogP contribution in [0.5, 0.6) is 0 Å². The van der Waals surface area contributed by atoms with Crippen LogP contribution in [0.2, 0.25) is 0 Å². The zero-order valence-electron chi connectivity index (χ0n) is 10.9. The molecule has 0 heterocycles. The summed E-state index contributed by atoms with van der Waals surface area (Å²) in [6, 6.07) is 0. The number of hydrogen-bond acceptors (Lipinski definition) is 2. The summed E-state index contributed by atoms with van der Waals surface area (Å²) in [7, 11) is 0. The largest absolute Gasteiger partial charge is 0.349 e. The molecule has 1 amide bonds. The monoisotopic (exact) mass is 226 g/mol. The third-order valence-electron chi connectivity index (χ3n) is 4.36. The van der Waals surface area contributed by atoms with Gasteiger partial charge in [-0.05, 0) is 32.1 Å².